The normalized spacial score (nSPS) is 19.6. The Morgan fingerprint density at radius 1 is 1.21 bits per heavy atom. The summed E-state index contributed by atoms with van der Waals surface area (Å²) in [5.74, 6) is 4.25. The molecule has 2 aliphatic rings. The van der Waals surface area contributed by atoms with Gasteiger partial charge >= 0.3 is 0 Å². The molecule has 202 valence electrons. The number of carbonyl (C=O) groups is 2. The van der Waals surface area contributed by atoms with Gasteiger partial charge in [0, 0.05) is 13.1 Å². The molecule has 2 aliphatic carbocycles. The molecule has 3 N–H and O–H groups in total. The van der Waals surface area contributed by atoms with E-state index in [0.29, 0.717) is 6.54 Å². The first-order chi connectivity index (χ1) is 18.2. The predicted molar refractivity (Wildman–Crippen MR) is 154 cm³/mol. The van der Waals surface area contributed by atoms with Crippen LogP contribution in [0.25, 0.3) is 0 Å². The lowest BCUT2D eigenvalue weighted by Crippen LogP contribution is -2.52. The standard InChI is InChI=1S/C32H40N2O4/c1-6-27(20-19-23(3)21-26-16-12-8-9-13-17-26)25(5)33-31(37)29(35)30(36)32(38)34(7-2)22-28-18-14-10-11-15-24(28)4/h6,8,10-13,15-17,19-20,25,28-30,35-36H,1,7,9,21-22H2,2-5H3,(H,33,37)/b23-19+,27-20+/t25-,28?,29-,30-/m1/s1. The van der Waals surface area contributed by atoms with Crippen LogP contribution in [0.4, 0.5) is 0 Å². The number of rotatable bonds is 12. The van der Waals surface area contributed by atoms with Crippen molar-refractivity contribution in [2.75, 3.05) is 13.1 Å². The van der Waals surface area contributed by atoms with Gasteiger partial charge in [0.2, 0.25) is 0 Å². The van der Waals surface area contributed by atoms with Crippen molar-refractivity contribution in [3.8, 4) is 11.8 Å². The Morgan fingerprint density at radius 2 is 1.97 bits per heavy atom. The van der Waals surface area contributed by atoms with E-state index in [0.717, 1.165) is 29.6 Å². The molecule has 2 amide bonds. The van der Waals surface area contributed by atoms with Crippen LogP contribution < -0.4 is 5.32 Å². The van der Waals surface area contributed by atoms with Crippen LogP contribution in [0.15, 0.2) is 95.7 Å². The average Bonchev–Trinajstić information content (AvgIpc) is 3.28. The summed E-state index contributed by atoms with van der Waals surface area (Å²) >= 11 is 0. The largest absolute Gasteiger partial charge is 0.380 e. The molecule has 38 heavy (non-hydrogen) atoms. The molecule has 0 aromatic heterocycles. The fourth-order valence-corrected chi connectivity index (χ4v) is 4.01. The third-order valence-corrected chi connectivity index (χ3v) is 6.45. The summed E-state index contributed by atoms with van der Waals surface area (Å²) in [7, 11) is 0. The zero-order valence-electron chi connectivity index (χ0n) is 22.9. The maximum atomic E-state index is 12.9. The zero-order valence-corrected chi connectivity index (χ0v) is 22.9. The third kappa shape index (κ3) is 9.33. The van der Waals surface area contributed by atoms with Crippen LogP contribution in [-0.2, 0) is 9.59 Å². The fourth-order valence-electron chi connectivity index (χ4n) is 4.01. The Bertz CT molecular complexity index is 1150. The van der Waals surface area contributed by atoms with Crippen LogP contribution in [0.5, 0.6) is 0 Å². The first-order valence-corrected chi connectivity index (χ1v) is 13.0. The van der Waals surface area contributed by atoms with Crippen molar-refractivity contribution in [3.05, 3.63) is 95.7 Å². The van der Waals surface area contributed by atoms with Crippen molar-refractivity contribution in [2.45, 2.75) is 58.8 Å². The van der Waals surface area contributed by atoms with E-state index in [2.05, 4.69) is 54.1 Å². The molecule has 0 radical (unpaired) electrons. The summed E-state index contributed by atoms with van der Waals surface area (Å²) in [4.78, 5) is 27.1. The molecule has 6 nitrogen and oxygen atoms in total. The summed E-state index contributed by atoms with van der Waals surface area (Å²) in [5, 5.41) is 23.7. The number of amides is 2. The Labute approximate surface area is 227 Å². The highest BCUT2D eigenvalue weighted by atomic mass is 16.3. The van der Waals surface area contributed by atoms with E-state index in [1.165, 1.54) is 10.5 Å². The number of carbonyl (C=O) groups excluding carboxylic acids is 2. The topological polar surface area (TPSA) is 89.9 Å². The molecule has 0 aromatic carbocycles. The second-order valence-electron chi connectivity index (χ2n) is 9.48. The van der Waals surface area contributed by atoms with E-state index in [1.807, 2.05) is 38.2 Å². The molecule has 0 bridgehead atoms. The summed E-state index contributed by atoms with van der Waals surface area (Å²) in [6.45, 7) is 11.9. The SMILES string of the molecule is C=C/C(=C\C=C(/C)CC1=CC=CCC=C1)[C@@H](C)NC(=O)[C@H](O)[C@@H](O)C(=O)N(CC)CC1C#CC=CC=C1C. The van der Waals surface area contributed by atoms with Gasteiger partial charge in [0.15, 0.2) is 12.2 Å². The summed E-state index contributed by atoms with van der Waals surface area (Å²) < 4.78 is 0. The molecule has 2 rings (SSSR count). The van der Waals surface area contributed by atoms with Crippen LogP contribution in [0.3, 0.4) is 0 Å². The Morgan fingerprint density at radius 3 is 2.68 bits per heavy atom. The number of allylic oxidation sites excluding steroid dienone is 12. The number of likely N-dealkylation sites (N-methyl/N-ethyl adjacent to an activating group) is 1. The van der Waals surface area contributed by atoms with E-state index in [4.69, 9.17) is 0 Å². The number of nitrogens with zero attached hydrogens (tertiary/aromatic N) is 1. The number of hydrogen-bond donors (Lipinski definition) is 3. The Balaban J connectivity index is 2.00. The van der Waals surface area contributed by atoms with Crippen molar-refractivity contribution in [2.24, 2.45) is 5.92 Å². The zero-order chi connectivity index (χ0) is 28.1. The maximum Gasteiger partial charge on any atom is 0.254 e. The molecule has 0 aromatic rings. The quantitative estimate of drug-likeness (QED) is 0.269. The van der Waals surface area contributed by atoms with Gasteiger partial charge < -0.3 is 20.4 Å². The van der Waals surface area contributed by atoms with Gasteiger partial charge in [-0.25, -0.2) is 0 Å². The van der Waals surface area contributed by atoms with Gasteiger partial charge in [0.25, 0.3) is 11.8 Å². The maximum absolute atomic E-state index is 12.9. The van der Waals surface area contributed by atoms with Gasteiger partial charge in [-0.1, -0.05) is 90.3 Å². The molecular weight excluding hydrogens is 476 g/mol. The van der Waals surface area contributed by atoms with Gasteiger partial charge in [0.1, 0.15) is 0 Å². The van der Waals surface area contributed by atoms with E-state index in [1.54, 1.807) is 26.0 Å². The number of aliphatic hydroxyl groups excluding tert-OH is 2. The van der Waals surface area contributed by atoms with E-state index < -0.39 is 30.1 Å². The van der Waals surface area contributed by atoms with Crippen molar-refractivity contribution >= 4 is 11.8 Å². The number of nitrogens with one attached hydrogen (secondary N) is 1. The highest BCUT2D eigenvalue weighted by Gasteiger charge is 2.34. The molecule has 0 heterocycles. The second kappa shape index (κ2) is 15.6. The molecular formula is C32H40N2O4. The summed E-state index contributed by atoms with van der Waals surface area (Å²) in [6.07, 6.45) is 19.4. The highest BCUT2D eigenvalue weighted by molar-refractivity contribution is 5.91. The second-order valence-corrected chi connectivity index (χ2v) is 9.48. The number of hydrogen-bond acceptors (Lipinski definition) is 4. The van der Waals surface area contributed by atoms with Crippen molar-refractivity contribution in [1.82, 2.24) is 10.2 Å². The fraction of sp³-hybridized carbons (Fsp3) is 0.375. The Hall–Kier alpha value is -3.66. The van der Waals surface area contributed by atoms with Crippen LogP contribution >= 0.6 is 0 Å². The lowest BCUT2D eigenvalue weighted by Gasteiger charge is -2.28. The smallest absolute Gasteiger partial charge is 0.254 e. The minimum Gasteiger partial charge on any atom is -0.380 e. The van der Waals surface area contributed by atoms with E-state index in [9.17, 15) is 19.8 Å². The first kappa shape index (κ1) is 30.6. The van der Waals surface area contributed by atoms with Gasteiger partial charge in [-0.2, -0.15) is 0 Å². The lowest BCUT2D eigenvalue weighted by atomic mass is 10.00. The summed E-state index contributed by atoms with van der Waals surface area (Å²) in [5.41, 5.74) is 4.06. The van der Waals surface area contributed by atoms with E-state index >= 15 is 0 Å². The van der Waals surface area contributed by atoms with Crippen LogP contribution in [0.2, 0.25) is 0 Å². The monoisotopic (exact) mass is 516 g/mol. The average molecular weight is 517 g/mol. The van der Waals surface area contributed by atoms with Crippen LogP contribution in [0.1, 0.15) is 40.5 Å². The molecule has 6 heteroatoms. The van der Waals surface area contributed by atoms with Crippen molar-refractivity contribution < 1.29 is 19.8 Å². The highest BCUT2D eigenvalue weighted by Crippen LogP contribution is 2.17. The van der Waals surface area contributed by atoms with Crippen LogP contribution in [0, 0.1) is 17.8 Å². The molecule has 0 saturated heterocycles. The van der Waals surface area contributed by atoms with Gasteiger partial charge in [0.05, 0.1) is 12.0 Å². The van der Waals surface area contributed by atoms with Crippen molar-refractivity contribution in [3.63, 3.8) is 0 Å². The minimum absolute atomic E-state index is 0.199. The number of aliphatic hydroxyl groups is 2. The van der Waals surface area contributed by atoms with Gasteiger partial charge in [-0.3, -0.25) is 9.59 Å². The molecule has 0 aliphatic heterocycles. The predicted octanol–water partition coefficient (Wildman–Crippen LogP) is 4.09. The molecule has 0 fully saturated rings. The first-order valence-electron chi connectivity index (χ1n) is 13.0. The van der Waals surface area contributed by atoms with E-state index in [-0.39, 0.29) is 12.5 Å². The van der Waals surface area contributed by atoms with Crippen LogP contribution in [-0.4, -0.2) is 58.3 Å². The summed E-state index contributed by atoms with van der Waals surface area (Å²) in [6, 6.07) is -0.496. The van der Waals surface area contributed by atoms with Gasteiger partial charge in [-0.15, -0.1) is 0 Å². The molecule has 1 unspecified atom stereocenters. The molecule has 4 atom stereocenters. The van der Waals surface area contributed by atoms with Gasteiger partial charge in [-0.05, 0) is 57.8 Å². The molecule has 0 saturated carbocycles. The third-order valence-electron chi connectivity index (χ3n) is 6.45. The minimum atomic E-state index is -1.91. The molecule has 0 spiro atoms. The Kier molecular flexibility index (Phi) is 12.5. The lowest BCUT2D eigenvalue weighted by molar-refractivity contribution is -0.153. The van der Waals surface area contributed by atoms with Crippen molar-refractivity contribution in [1.29, 1.82) is 0 Å².